The molecule has 2 heterocycles. The normalized spacial score (nSPS) is 15.1. The smallest absolute Gasteiger partial charge is 0.411 e. The third-order valence-corrected chi connectivity index (χ3v) is 2.79. The number of amides is 1. The lowest BCUT2D eigenvalue weighted by molar-refractivity contribution is 0.122. The van der Waals surface area contributed by atoms with Crippen molar-refractivity contribution in [1.82, 2.24) is 4.98 Å². The second kappa shape index (κ2) is 6.24. The molecule has 1 saturated heterocycles. The molecule has 7 nitrogen and oxygen atoms in total. The zero-order chi connectivity index (χ0) is 13.7. The van der Waals surface area contributed by atoms with Crippen molar-refractivity contribution >= 4 is 23.3 Å². The molecule has 0 bridgehead atoms. The van der Waals surface area contributed by atoms with Gasteiger partial charge in [-0.1, -0.05) is 0 Å². The maximum Gasteiger partial charge on any atom is 0.411 e. The quantitative estimate of drug-likeness (QED) is 0.850. The van der Waals surface area contributed by atoms with E-state index in [-0.39, 0.29) is 5.82 Å². The van der Waals surface area contributed by atoms with Gasteiger partial charge < -0.3 is 20.1 Å². The molecule has 7 heteroatoms. The molecule has 3 N–H and O–H groups in total. The zero-order valence-corrected chi connectivity index (χ0v) is 10.9. The fraction of sp³-hybridized carbons (Fsp3) is 0.500. The van der Waals surface area contributed by atoms with Gasteiger partial charge in [-0.05, 0) is 13.0 Å². The van der Waals surface area contributed by atoms with Crippen LogP contribution in [0.2, 0.25) is 0 Å². The maximum absolute atomic E-state index is 11.4. The van der Waals surface area contributed by atoms with Gasteiger partial charge in [0, 0.05) is 13.1 Å². The molecule has 1 aliphatic rings. The molecule has 1 aromatic rings. The van der Waals surface area contributed by atoms with Gasteiger partial charge in [-0.3, -0.25) is 5.32 Å². The van der Waals surface area contributed by atoms with Crippen molar-refractivity contribution in [1.29, 1.82) is 0 Å². The number of anilines is 3. The summed E-state index contributed by atoms with van der Waals surface area (Å²) in [6.07, 6.45) is 1.16. The minimum atomic E-state index is -0.532. The number of nitrogens with two attached hydrogens (primary N) is 1. The Kier molecular flexibility index (Phi) is 4.40. The molecule has 0 atom stereocenters. The van der Waals surface area contributed by atoms with E-state index in [1.165, 1.54) is 0 Å². The Hall–Kier alpha value is -2.02. The van der Waals surface area contributed by atoms with Crippen LogP contribution in [0.5, 0.6) is 0 Å². The minimum absolute atomic E-state index is 0.269. The Morgan fingerprint density at radius 1 is 1.58 bits per heavy atom. The van der Waals surface area contributed by atoms with Gasteiger partial charge in [-0.25, -0.2) is 9.78 Å². The molecule has 0 radical (unpaired) electrons. The van der Waals surface area contributed by atoms with Crippen LogP contribution in [0, 0.1) is 0 Å². The molecule has 1 amide bonds. The van der Waals surface area contributed by atoms with E-state index in [4.69, 9.17) is 15.2 Å². The highest BCUT2D eigenvalue weighted by Crippen LogP contribution is 2.23. The summed E-state index contributed by atoms with van der Waals surface area (Å²) in [5.41, 5.74) is 7.11. The SMILES string of the molecule is CCOC(=O)Nc1cc(N2CCOCC2)cnc1N. The number of nitrogens with zero attached hydrogens (tertiary/aromatic N) is 2. The first-order valence-corrected chi connectivity index (χ1v) is 6.22. The van der Waals surface area contributed by atoms with Crippen molar-refractivity contribution in [3.63, 3.8) is 0 Å². The van der Waals surface area contributed by atoms with Crippen molar-refractivity contribution in [2.45, 2.75) is 6.92 Å². The number of rotatable bonds is 3. The molecular weight excluding hydrogens is 248 g/mol. The summed E-state index contributed by atoms with van der Waals surface area (Å²) < 4.78 is 10.1. The predicted molar refractivity (Wildman–Crippen MR) is 72.3 cm³/mol. The van der Waals surface area contributed by atoms with E-state index >= 15 is 0 Å². The fourth-order valence-corrected chi connectivity index (χ4v) is 1.84. The number of carbonyl (C=O) groups is 1. The second-order valence-corrected chi connectivity index (χ2v) is 4.07. The van der Waals surface area contributed by atoms with Gasteiger partial charge in [0.25, 0.3) is 0 Å². The first kappa shape index (κ1) is 13.4. The van der Waals surface area contributed by atoms with Crippen LogP contribution in [0.1, 0.15) is 6.92 Å². The number of ether oxygens (including phenoxy) is 2. The minimum Gasteiger partial charge on any atom is -0.450 e. The lowest BCUT2D eigenvalue weighted by Gasteiger charge is -2.28. The Morgan fingerprint density at radius 2 is 2.32 bits per heavy atom. The molecule has 0 saturated carbocycles. The first-order chi connectivity index (χ1) is 9.20. The van der Waals surface area contributed by atoms with E-state index < -0.39 is 6.09 Å². The molecule has 1 fully saturated rings. The van der Waals surface area contributed by atoms with Gasteiger partial charge in [0.15, 0.2) is 0 Å². The number of nitrogen functional groups attached to an aromatic ring is 1. The van der Waals surface area contributed by atoms with Gasteiger partial charge in [0.1, 0.15) is 5.82 Å². The van der Waals surface area contributed by atoms with Crippen LogP contribution in [-0.4, -0.2) is 44.0 Å². The fourth-order valence-electron chi connectivity index (χ4n) is 1.84. The van der Waals surface area contributed by atoms with Gasteiger partial charge in [0.05, 0.1) is 37.4 Å². The monoisotopic (exact) mass is 266 g/mol. The van der Waals surface area contributed by atoms with Crippen LogP contribution < -0.4 is 16.0 Å². The van der Waals surface area contributed by atoms with E-state index in [0.717, 1.165) is 18.8 Å². The average Bonchev–Trinajstić information content (AvgIpc) is 2.42. The summed E-state index contributed by atoms with van der Waals surface area (Å²) >= 11 is 0. The Bertz CT molecular complexity index is 447. The van der Waals surface area contributed by atoms with E-state index in [1.807, 2.05) is 0 Å². The number of morpholine rings is 1. The molecule has 1 aromatic heterocycles. The highest BCUT2D eigenvalue weighted by Gasteiger charge is 2.14. The van der Waals surface area contributed by atoms with E-state index in [9.17, 15) is 4.79 Å². The van der Waals surface area contributed by atoms with Crippen LogP contribution >= 0.6 is 0 Å². The number of hydrogen-bond donors (Lipinski definition) is 2. The molecule has 0 spiro atoms. The van der Waals surface area contributed by atoms with Crippen LogP contribution in [0.4, 0.5) is 22.0 Å². The highest BCUT2D eigenvalue weighted by atomic mass is 16.5. The Labute approximate surface area is 111 Å². The molecule has 0 aromatic carbocycles. The van der Waals surface area contributed by atoms with Crippen LogP contribution in [0.25, 0.3) is 0 Å². The molecule has 0 aliphatic carbocycles. The summed E-state index contributed by atoms with van der Waals surface area (Å²) in [7, 11) is 0. The molecule has 0 unspecified atom stereocenters. The number of nitrogens with one attached hydrogen (secondary N) is 1. The highest BCUT2D eigenvalue weighted by molar-refractivity contribution is 5.89. The van der Waals surface area contributed by atoms with E-state index in [0.29, 0.717) is 25.5 Å². The van der Waals surface area contributed by atoms with Gasteiger partial charge in [-0.2, -0.15) is 0 Å². The van der Waals surface area contributed by atoms with Crippen LogP contribution in [0.3, 0.4) is 0 Å². The maximum atomic E-state index is 11.4. The summed E-state index contributed by atoms with van der Waals surface area (Å²) in [6, 6.07) is 1.80. The summed E-state index contributed by atoms with van der Waals surface area (Å²) in [4.78, 5) is 17.6. The van der Waals surface area contributed by atoms with Crippen LogP contribution in [-0.2, 0) is 9.47 Å². The predicted octanol–water partition coefficient (Wildman–Crippen LogP) is 1.07. The van der Waals surface area contributed by atoms with Gasteiger partial charge in [-0.15, -0.1) is 0 Å². The third kappa shape index (κ3) is 3.47. The number of carbonyl (C=O) groups excluding carboxylic acids is 1. The molecule has 104 valence electrons. The van der Waals surface area contributed by atoms with Crippen molar-refractivity contribution in [3.8, 4) is 0 Å². The van der Waals surface area contributed by atoms with E-state index in [2.05, 4.69) is 15.2 Å². The third-order valence-electron chi connectivity index (χ3n) is 2.79. The van der Waals surface area contributed by atoms with Crippen molar-refractivity contribution in [3.05, 3.63) is 12.3 Å². The van der Waals surface area contributed by atoms with Gasteiger partial charge >= 0.3 is 6.09 Å². The van der Waals surface area contributed by atoms with E-state index in [1.54, 1.807) is 19.2 Å². The van der Waals surface area contributed by atoms with Crippen molar-refractivity contribution < 1.29 is 14.3 Å². The molecular formula is C12H18N4O3. The lowest BCUT2D eigenvalue weighted by atomic mass is 10.3. The topological polar surface area (TPSA) is 89.7 Å². The Morgan fingerprint density at radius 3 is 3.00 bits per heavy atom. The summed E-state index contributed by atoms with van der Waals surface area (Å²) in [6.45, 7) is 5.01. The summed E-state index contributed by atoms with van der Waals surface area (Å²) in [5, 5.41) is 2.58. The second-order valence-electron chi connectivity index (χ2n) is 4.07. The summed E-state index contributed by atoms with van der Waals surface area (Å²) in [5.74, 6) is 0.269. The molecule has 1 aliphatic heterocycles. The van der Waals surface area contributed by atoms with Crippen molar-refractivity contribution in [2.24, 2.45) is 0 Å². The lowest BCUT2D eigenvalue weighted by Crippen LogP contribution is -2.36. The van der Waals surface area contributed by atoms with Crippen LogP contribution in [0.15, 0.2) is 12.3 Å². The largest absolute Gasteiger partial charge is 0.450 e. The number of aromatic nitrogens is 1. The van der Waals surface area contributed by atoms with Gasteiger partial charge in [0.2, 0.25) is 0 Å². The zero-order valence-electron chi connectivity index (χ0n) is 10.9. The molecule has 2 rings (SSSR count). The number of hydrogen-bond acceptors (Lipinski definition) is 6. The van der Waals surface area contributed by atoms with Crippen molar-refractivity contribution in [2.75, 3.05) is 48.9 Å². The standard InChI is InChI=1S/C12H18N4O3/c1-2-19-12(17)15-10-7-9(8-14-11(10)13)16-3-5-18-6-4-16/h7-8H,2-6H2,1H3,(H2,13,14)(H,15,17). The molecule has 19 heavy (non-hydrogen) atoms. The average molecular weight is 266 g/mol. The Balaban J connectivity index is 2.11. The first-order valence-electron chi connectivity index (χ1n) is 6.22. The number of pyridine rings is 1.